The van der Waals surface area contributed by atoms with Gasteiger partial charge in [0, 0.05) is 0 Å². The molecule has 1 aromatic carbocycles. The molecule has 1 aromatic rings. The Balaban J connectivity index is 2.31. The molecule has 1 rings (SSSR count). The van der Waals surface area contributed by atoms with Gasteiger partial charge in [0.05, 0.1) is 20.3 Å². The minimum Gasteiger partial charge on any atom is -0.497 e. The van der Waals surface area contributed by atoms with Crippen LogP contribution in [0, 0.1) is 5.92 Å². The average Bonchev–Trinajstić information content (AvgIpc) is 2.30. The van der Waals surface area contributed by atoms with E-state index in [0.717, 1.165) is 12.4 Å². The van der Waals surface area contributed by atoms with E-state index in [9.17, 15) is 0 Å². The molecule has 88 valence electrons. The van der Waals surface area contributed by atoms with Crippen LogP contribution < -0.4 is 4.74 Å². The maximum atomic E-state index is 5.61. The monoisotopic (exact) mass is 332 g/mol. The van der Waals surface area contributed by atoms with Crippen molar-refractivity contribution in [3.05, 3.63) is 40.0 Å². The number of halogens is 1. The lowest BCUT2D eigenvalue weighted by molar-refractivity contribution is 0.104. The Morgan fingerprint density at radius 1 is 1.31 bits per heavy atom. The summed E-state index contributed by atoms with van der Waals surface area (Å²) in [4.78, 5) is 0. The van der Waals surface area contributed by atoms with Crippen LogP contribution in [0.1, 0.15) is 12.5 Å². The number of ether oxygens (including phenoxy) is 2. The van der Waals surface area contributed by atoms with Crippen LogP contribution in [0.15, 0.2) is 34.4 Å². The minimum absolute atomic E-state index is 0.468. The molecule has 0 radical (unpaired) electrons. The van der Waals surface area contributed by atoms with Gasteiger partial charge in [-0.2, -0.15) is 0 Å². The first-order chi connectivity index (χ1) is 7.76. The Labute approximate surface area is 111 Å². The Morgan fingerprint density at radius 2 is 2.00 bits per heavy atom. The molecular weight excluding hydrogens is 315 g/mol. The fourth-order valence-electron chi connectivity index (χ4n) is 1.26. The number of rotatable bonds is 6. The lowest BCUT2D eigenvalue weighted by atomic mass is 10.2. The predicted octanol–water partition coefficient (Wildman–Crippen LogP) is 3.80. The van der Waals surface area contributed by atoms with Crippen LogP contribution in [-0.4, -0.2) is 13.7 Å². The molecule has 0 aliphatic rings. The molecule has 0 saturated heterocycles. The van der Waals surface area contributed by atoms with Crippen LogP contribution in [0.3, 0.4) is 0 Å². The van der Waals surface area contributed by atoms with Crippen molar-refractivity contribution < 1.29 is 9.47 Å². The van der Waals surface area contributed by atoms with E-state index in [-0.39, 0.29) is 0 Å². The Hall–Kier alpha value is -0.550. The molecule has 2 nitrogen and oxygen atoms in total. The highest BCUT2D eigenvalue weighted by Crippen LogP contribution is 2.12. The molecule has 0 aromatic heterocycles. The second-order valence-corrected chi connectivity index (χ2v) is 4.38. The van der Waals surface area contributed by atoms with E-state index in [2.05, 4.69) is 35.6 Å². The number of methoxy groups -OCH3 is 1. The quantitative estimate of drug-likeness (QED) is 0.738. The first kappa shape index (κ1) is 13.5. The Bertz CT molecular complexity index is 319. The van der Waals surface area contributed by atoms with E-state index >= 15 is 0 Å². The first-order valence-electron chi connectivity index (χ1n) is 5.24. The molecule has 0 heterocycles. The van der Waals surface area contributed by atoms with Gasteiger partial charge in [0.25, 0.3) is 0 Å². The minimum atomic E-state index is 0.468. The van der Waals surface area contributed by atoms with Gasteiger partial charge in [0.1, 0.15) is 5.75 Å². The van der Waals surface area contributed by atoms with E-state index in [1.54, 1.807) is 7.11 Å². The second kappa shape index (κ2) is 7.68. The highest BCUT2D eigenvalue weighted by Gasteiger charge is 1.98. The molecule has 0 saturated carbocycles. The highest BCUT2D eigenvalue weighted by molar-refractivity contribution is 14.1. The summed E-state index contributed by atoms with van der Waals surface area (Å²) >= 11 is 2.22. The summed E-state index contributed by atoms with van der Waals surface area (Å²) in [6.07, 6.45) is 2.13. The first-order valence-corrected chi connectivity index (χ1v) is 6.48. The zero-order valence-corrected chi connectivity index (χ0v) is 11.8. The van der Waals surface area contributed by atoms with Crippen molar-refractivity contribution in [3.8, 4) is 5.75 Å². The normalized spacial score (nSPS) is 12.9. The third-order valence-electron chi connectivity index (χ3n) is 2.21. The third-order valence-corrected chi connectivity index (χ3v) is 2.63. The van der Waals surface area contributed by atoms with Gasteiger partial charge < -0.3 is 9.47 Å². The van der Waals surface area contributed by atoms with Crippen molar-refractivity contribution in [2.75, 3.05) is 13.7 Å². The Morgan fingerprint density at radius 3 is 2.56 bits per heavy atom. The molecule has 0 aliphatic heterocycles. The van der Waals surface area contributed by atoms with E-state index in [1.165, 1.54) is 5.56 Å². The van der Waals surface area contributed by atoms with Crippen molar-refractivity contribution in [2.24, 2.45) is 5.92 Å². The molecule has 0 fully saturated rings. The van der Waals surface area contributed by atoms with E-state index in [4.69, 9.17) is 9.47 Å². The van der Waals surface area contributed by atoms with Crippen LogP contribution >= 0.6 is 22.6 Å². The molecule has 0 bridgehead atoms. The van der Waals surface area contributed by atoms with Crippen molar-refractivity contribution in [1.29, 1.82) is 0 Å². The molecule has 3 heteroatoms. The largest absolute Gasteiger partial charge is 0.497 e. The number of hydrogen-bond donors (Lipinski definition) is 0. The fraction of sp³-hybridized carbons (Fsp3) is 0.385. The van der Waals surface area contributed by atoms with Crippen LogP contribution in [0.4, 0.5) is 0 Å². The van der Waals surface area contributed by atoms with Gasteiger partial charge in [0.15, 0.2) is 0 Å². The third kappa shape index (κ3) is 4.99. The fourth-order valence-corrected chi connectivity index (χ4v) is 1.97. The summed E-state index contributed by atoms with van der Waals surface area (Å²) < 4.78 is 12.7. The van der Waals surface area contributed by atoms with Gasteiger partial charge in [-0.3, -0.25) is 0 Å². The summed E-state index contributed by atoms with van der Waals surface area (Å²) in [6.45, 7) is 3.55. The lowest BCUT2D eigenvalue weighted by Gasteiger charge is -2.08. The smallest absolute Gasteiger partial charge is 0.118 e. The van der Waals surface area contributed by atoms with Gasteiger partial charge in [-0.15, -0.1) is 0 Å². The van der Waals surface area contributed by atoms with Gasteiger partial charge in [-0.05, 0) is 27.7 Å². The molecule has 0 unspecified atom stereocenters. The van der Waals surface area contributed by atoms with Crippen LogP contribution in [0.5, 0.6) is 5.75 Å². The maximum absolute atomic E-state index is 5.61. The van der Waals surface area contributed by atoms with Crippen LogP contribution in [-0.2, 0) is 11.3 Å². The standard InChI is InChI=1S/C13H17IO2/c1-11(7-8-14)9-16-10-12-3-5-13(15-2)6-4-12/h3-8,11H,9-10H2,1-2H3/b8-7+/t11-/m0/s1. The van der Waals surface area contributed by atoms with Crippen molar-refractivity contribution in [1.82, 2.24) is 0 Å². The number of benzene rings is 1. The molecule has 1 atom stereocenters. The lowest BCUT2D eigenvalue weighted by Crippen LogP contribution is -2.03. The summed E-state index contributed by atoms with van der Waals surface area (Å²) in [7, 11) is 1.67. The van der Waals surface area contributed by atoms with E-state index in [0.29, 0.717) is 12.5 Å². The predicted molar refractivity (Wildman–Crippen MR) is 75.0 cm³/mol. The SMILES string of the molecule is COc1ccc(COC[C@@H](C)/C=C/I)cc1. The van der Waals surface area contributed by atoms with Gasteiger partial charge in [-0.1, -0.05) is 47.7 Å². The second-order valence-electron chi connectivity index (χ2n) is 3.66. The topological polar surface area (TPSA) is 18.5 Å². The zero-order valence-electron chi connectivity index (χ0n) is 9.65. The van der Waals surface area contributed by atoms with Gasteiger partial charge >= 0.3 is 0 Å². The highest BCUT2D eigenvalue weighted by atomic mass is 127. The molecular formula is C13H17IO2. The van der Waals surface area contributed by atoms with Crippen molar-refractivity contribution in [3.63, 3.8) is 0 Å². The molecule has 0 amide bonds. The van der Waals surface area contributed by atoms with Gasteiger partial charge in [0.2, 0.25) is 0 Å². The number of hydrogen-bond acceptors (Lipinski definition) is 2. The average molecular weight is 332 g/mol. The molecule has 0 spiro atoms. The van der Waals surface area contributed by atoms with E-state index < -0.39 is 0 Å². The van der Waals surface area contributed by atoms with Crippen molar-refractivity contribution >= 4 is 22.6 Å². The van der Waals surface area contributed by atoms with Gasteiger partial charge in [-0.25, -0.2) is 0 Å². The summed E-state index contributed by atoms with van der Waals surface area (Å²) in [5.74, 6) is 1.35. The summed E-state index contributed by atoms with van der Waals surface area (Å²) in [5, 5.41) is 0. The summed E-state index contributed by atoms with van der Waals surface area (Å²) in [6, 6.07) is 7.95. The zero-order chi connectivity index (χ0) is 11.8. The summed E-state index contributed by atoms with van der Waals surface area (Å²) in [5.41, 5.74) is 1.17. The molecule has 0 aliphatic carbocycles. The van der Waals surface area contributed by atoms with E-state index in [1.807, 2.05) is 28.3 Å². The maximum Gasteiger partial charge on any atom is 0.118 e. The molecule has 0 N–H and O–H groups in total. The van der Waals surface area contributed by atoms with Crippen LogP contribution in [0.2, 0.25) is 0 Å². The van der Waals surface area contributed by atoms with Crippen LogP contribution in [0.25, 0.3) is 0 Å². The van der Waals surface area contributed by atoms with Crippen molar-refractivity contribution in [2.45, 2.75) is 13.5 Å². The Kier molecular flexibility index (Phi) is 6.49. The molecule has 16 heavy (non-hydrogen) atoms.